The van der Waals surface area contributed by atoms with Crippen molar-refractivity contribution in [2.45, 2.75) is 40.0 Å². The molecule has 3 nitrogen and oxygen atoms in total. The molecule has 0 aliphatic carbocycles. The van der Waals surface area contributed by atoms with Gasteiger partial charge in [0.1, 0.15) is 10.7 Å². The number of H-pyrrole nitrogens is 1. The lowest BCUT2D eigenvalue weighted by Gasteiger charge is -2.06. The minimum atomic E-state index is 0.00199. The fourth-order valence-electron chi connectivity index (χ4n) is 1.70. The van der Waals surface area contributed by atoms with Crippen LogP contribution < -0.4 is 5.56 Å². The molecule has 86 valence electrons. The Kier molecular flexibility index (Phi) is 2.84. The van der Waals surface area contributed by atoms with Gasteiger partial charge in [-0.1, -0.05) is 13.8 Å². The molecule has 0 saturated heterocycles. The van der Waals surface area contributed by atoms with Crippen LogP contribution in [0.15, 0.2) is 4.79 Å². The van der Waals surface area contributed by atoms with Crippen LogP contribution in [0.25, 0.3) is 10.2 Å². The van der Waals surface area contributed by atoms with Crippen molar-refractivity contribution in [2.24, 2.45) is 0 Å². The van der Waals surface area contributed by atoms with E-state index in [0.717, 1.165) is 28.0 Å². The van der Waals surface area contributed by atoms with Crippen molar-refractivity contribution in [3.8, 4) is 0 Å². The number of rotatable bonds is 2. The summed E-state index contributed by atoms with van der Waals surface area (Å²) in [7, 11) is 0. The molecule has 0 aromatic carbocycles. The van der Waals surface area contributed by atoms with Crippen LogP contribution in [0.2, 0.25) is 0 Å². The molecule has 0 spiro atoms. The number of fused-ring (bicyclic) bond motifs is 1. The van der Waals surface area contributed by atoms with Crippen LogP contribution in [0, 0.1) is 13.8 Å². The zero-order valence-corrected chi connectivity index (χ0v) is 10.9. The summed E-state index contributed by atoms with van der Waals surface area (Å²) in [5.41, 5.74) is 1.06. The maximum absolute atomic E-state index is 12.0. The molecule has 2 aromatic heterocycles. The first kappa shape index (κ1) is 11.3. The van der Waals surface area contributed by atoms with Gasteiger partial charge in [-0.05, 0) is 25.8 Å². The first-order valence-corrected chi connectivity index (χ1v) is 6.36. The second-order valence-corrected chi connectivity index (χ2v) is 5.43. The highest BCUT2D eigenvalue weighted by Crippen LogP contribution is 2.26. The zero-order valence-electron chi connectivity index (χ0n) is 10.0. The molecule has 0 fully saturated rings. The number of nitrogens with zero attached hydrogens (tertiary/aromatic N) is 1. The lowest BCUT2D eigenvalue weighted by atomic mass is 10.1. The lowest BCUT2D eigenvalue weighted by molar-refractivity contribution is 0.680. The second-order valence-electron chi connectivity index (χ2n) is 4.22. The summed E-state index contributed by atoms with van der Waals surface area (Å²) in [6.07, 6.45) is 0.984. The Morgan fingerprint density at radius 1 is 1.44 bits per heavy atom. The van der Waals surface area contributed by atoms with E-state index in [4.69, 9.17) is 0 Å². The van der Waals surface area contributed by atoms with Crippen molar-refractivity contribution in [1.29, 1.82) is 0 Å². The van der Waals surface area contributed by atoms with Crippen LogP contribution in [0.1, 0.15) is 42.5 Å². The van der Waals surface area contributed by atoms with Crippen LogP contribution >= 0.6 is 11.3 Å². The van der Waals surface area contributed by atoms with E-state index in [0.29, 0.717) is 5.92 Å². The fourth-order valence-corrected chi connectivity index (χ4v) is 2.74. The summed E-state index contributed by atoms with van der Waals surface area (Å²) in [5.74, 6) is 1.11. The minimum absolute atomic E-state index is 0.00199. The number of hydrogen-bond acceptors (Lipinski definition) is 3. The molecule has 0 aliphatic rings. The van der Waals surface area contributed by atoms with Crippen molar-refractivity contribution in [2.75, 3.05) is 0 Å². The Balaban J connectivity index is 2.73. The number of aromatic amines is 1. The average Bonchev–Trinajstić information content (AvgIpc) is 2.54. The van der Waals surface area contributed by atoms with Crippen molar-refractivity contribution >= 4 is 21.6 Å². The summed E-state index contributed by atoms with van der Waals surface area (Å²) in [4.78, 5) is 21.5. The monoisotopic (exact) mass is 236 g/mol. The number of aromatic nitrogens is 2. The van der Waals surface area contributed by atoms with Gasteiger partial charge in [-0.2, -0.15) is 0 Å². The number of thiophene rings is 1. The molecule has 0 saturated carbocycles. The van der Waals surface area contributed by atoms with Gasteiger partial charge in [0.05, 0.1) is 5.39 Å². The Morgan fingerprint density at radius 2 is 2.12 bits per heavy atom. The van der Waals surface area contributed by atoms with Crippen LogP contribution in [0.4, 0.5) is 0 Å². The van der Waals surface area contributed by atoms with E-state index in [1.165, 1.54) is 4.88 Å². The second kappa shape index (κ2) is 4.01. The summed E-state index contributed by atoms with van der Waals surface area (Å²) in [6.45, 7) is 8.19. The molecule has 2 heterocycles. The molecule has 0 amide bonds. The van der Waals surface area contributed by atoms with Crippen LogP contribution in [0.3, 0.4) is 0 Å². The van der Waals surface area contributed by atoms with Gasteiger partial charge in [0.15, 0.2) is 0 Å². The van der Waals surface area contributed by atoms with E-state index in [9.17, 15) is 4.79 Å². The molecular formula is C12H16N2OS. The van der Waals surface area contributed by atoms with E-state index < -0.39 is 0 Å². The highest BCUT2D eigenvalue weighted by molar-refractivity contribution is 7.18. The predicted molar refractivity (Wildman–Crippen MR) is 68.4 cm³/mol. The molecule has 2 rings (SSSR count). The number of aryl methyl sites for hydroxylation is 2. The topological polar surface area (TPSA) is 45.8 Å². The molecular weight excluding hydrogens is 220 g/mol. The van der Waals surface area contributed by atoms with E-state index in [-0.39, 0.29) is 5.56 Å². The van der Waals surface area contributed by atoms with Gasteiger partial charge in [0.25, 0.3) is 5.56 Å². The Labute approximate surface area is 98.5 Å². The third kappa shape index (κ3) is 1.67. The lowest BCUT2D eigenvalue weighted by Crippen LogP contribution is -2.13. The maximum atomic E-state index is 12.0. The smallest absolute Gasteiger partial charge is 0.259 e. The van der Waals surface area contributed by atoms with Crippen molar-refractivity contribution < 1.29 is 0 Å². The predicted octanol–water partition coefficient (Wildman–Crippen LogP) is 3.11. The van der Waals surface area contributed by atoms with Gasteiger partial charge in [-0.15, -0.1) is 11.3 Å². The van der Waals surface area contributed by atoms with Gasteiger partial charge in [-0.25, -0.2) is 4.98 Å². The van der Waals surface area contributed by atoms with E-state index in [1.54, 1.807) is 11.3 Å². The average molecular weight is 236 g/mol. The van der Waals surface area contributed by atoms with Crippen LogP contribution in [0.5, 0.6) is 0 Å². The zero-order chi connectivity index (χ0) is 11.9. The normalized spacial score (nSPS) is 13.2. The molecule has 0 radical (unpaired) electrons. The molecule has 2 aromatic rings. The van der Waals surface area contributed by atoms with Crippen LogP contribution in [-0.2, 0) is 0 Å². The SMILES string of the molecule is CCC(C)c1nc2sc(C)c(C)c2c(=O)[nH]1. The maximum Gasteiger partial charge on any atom is 0.259 e. The van der Waals surface area contributed by atoms with Gasteiger partial charge in [0, 0.05) is 10.8 Å². The van der Waals surface area contributed by atoms with E-state index in [1.807, 2.05) is 13.8 Å². The Bertz CT molecular complexity index is 582. The molecule has 0 bridgehead atoms. The Hall–Kier alpha value is -1.16. The van der Waals surface area contributed by atoms with Gasteiger partial charge in [-0.3, -0.25) is 4.79 Å². The van der Waals surface area contributed by atoms with Gasteiger partial charge >= 0.3 is 0 Å². The molecule has 4 heteroatoms. The first-order valence-electron chi connectivity index (χ1n) is 5.54. The highest BCUT2D eigenvalue weighted by Gasteiger charge is 2.13. The molecule has 16 heavy (non-hydrogen) atoms. The first-order chi connectivity index (χ1) is 7.54. The summed E-state index contributed by atoms with van der Waals surface area (Å²) >= 11 is 1.60. The molecule has 1 unspecified atom stereocenters. The van der Waals surface area contributed by atoms with Crippen LogP contribution in [-0.4, -0.2) is 9.97 Å². The largest absolute Gasteiger partial charge is 0.310 e. The Morgan fingerprint density at radius 3 is 2.75 bits per heavy atom. The molecule has 0 aliphatic heterocycles. The van der Waals surface area contributed by atoms with Gasteiger partial charge < -0.3 is 4.98 Å². The van der Waals surface area contributed by atoms with Gasteiger partial charge in [0.2, 0.25) is 0 Å². The third-order valence-corrected chi connectivity index (χ3v) is 4.24. The number of hydrogen-bond donors (Lipinski definition) is 1. The highest BCUT2D eigenvalue weighted by atomic mass is 32.1. The summed E-state index contributed by atoms with van der Waals surface area (Å²) in [5, 5.41) is 0.759. The summed E-state index contributed by atoms with van der Waals surface area (Å²) < 4.78 is 0. The van der Waals surface area contributed by atoms with E-state index >= 15 is 0 Å². The van der Waals surface area contributed by atoms with E-state index in [2.05, 4.69) is 23.8 Å². The fraction of sp³-hybridized carbons (Fsp3) is 0.500. The molecule has 1 atom stereocenters. The quantitative estimate of drug-likeness (QED) is 0.870. The molecule has 1 N–H and O–H groups in total. The van der Waals surface area contributed by atoms with Crippen molar-refractivity contribution in [3.05, 3.63) is 26.6 Å². The van der Waals surface area contributed by atoms with Crippen molar-refractivity contribution in [1.82, 2.24) is 9.97 Å². The number of nitrogens with one attached hydrogen (secondary N) is 1. The van der Waals surface area contributed by atoms with Crippen molar-refractivity contribution in [3.63, 3.8) is 0 Å². The third-order valence-electron chi connectivity index (χ3n) is 3.14. The summed E-state index contributed by atoms with van der Waals surface area (Å²) in [6, 6.07) is 0. The standard InChI is InChI=1S/C12H16N2OS/c1-5-6(2)10-13-11(15)9-7(3)8(4)16-12(9)14-10/h6H,5H2,1-4H3,(H,13,14,15). The minimum Gasteiger partial charge on any atom is -0.310 e.